The summed E-state index contributed by atoms with van der Waals surface area (Å²) in [6.07, 6.45) is 6.91. The highest BCUT2D eigenvalue weighted by atomic mass is 15.1. The molecule has 1 aliphatic heterocycles. The van der Waals surface area contributed by atoms with Gasteiger partial charge in [-0.1, -0.05) is 6.92 Å². The van der Waals surface area contributed by atoms with E-state index in [1.54, 1.807) is 0 Å². The summed E-state index contributed by atoms with van der Waals surface area (Å²) in [7, 11) is 4.32. The van der Waals surface area contributed by atoms with Crippen molar-refractivity contribution in [1.29, 1.82) is 0 Å². The Labute approximate surface area is 114 Å². The molecule has 0 spiro atoms. The summed E-state index contributed by atoms with van der Waals surface area (Å²) < 4.78 is 0. The lowest BCUT2D eigenvalue weighted by Gasteiger charge is -2.25. The van der Waals surface area contributed by atoms with Crippen molar-refractivity contribution < 1.29 is 0 Å². The van der Waals surface area contributed by atoms with Crippen molar-refractivity contribution in [2.24, 2.45) is 5.92 Å². The van der Waals surface area contributed by atoms with Crippen LogP contribution in [0.4, 0.5) is 0 Å². The lowest BCUT2D eigenvalue weighted by Crippen LogP contribution is -2.31. The summed E-state index contributed by atoms with van der Waals surface area (Å²) in [6.45, 7) is 9.75. The van der Waals surface area contributed by atoms with E-state index in [4.69, 9.17) is 0 Å². The highest BCUT2D eigenvalue weighted by Gasteiger charge is 2.12. The molecule has 108 valence electrons. The Bertz CT molecular complexity index is 188. The molecule has 18 heavy (non-hydrogen) atoms. The van der Waals surface area contributed by atoms with E-state index in [0.29, 0.717) is 0 Å². The third-order valence-electron chi connectivity index (χ3n) is 4.01. The fourth-order valence-corrected chi connectivity index (χ4v) is 2.81. The van der Waals surface area contributed by atoms with Gasteiger partial charge < -0.3 is 15.1 Å². The molecule has 0 bridgehead atoms. The monoisotopic (exact) mass is 255 g/mol. The first-order valence-electron chi connectivity index (χ1n) is 7.80. The number of rotatable bonds is 9. The maximum Gasteiger partial charge on any atom is -0.000667 e. The lowest BCUT2D eigenvalue weighted by atomic mass is 9.94. The van der Waals surface area contributed by atoms with E-state index >= 15 is 0 Å². The summed E-state index contributed by atoms with van der Waals surface area (Å²) in [5, 5.41) is 3.51. The van der Waals surface area contributed by atoms with Crippen molar-refractivity contribution in [3.8, 4) is 0 Å². The van der Waals surface area contributed by atoms with Crippen LogP contribution < -0.4 is 5.32 Å². The van der Waals surface area contributed by atoms with Crippen molar-refractivity contribution in [3.05, 3.63) is 0 Å². The molecule has 0 aliphatic carbocycles. The first-order valence-corrected chi connectivity index (χ1v) is 7.80. The lowest BCUT2D eigenvalue weighted by molar-refractivity contribution is 0.248. The van der Waals surface area contributed by atoms with Gasteiger partial charge in [-0.25, -0.2) is 0 Å². The molecule has 1 saturated heterocycles. The van der Waals surface area contributed by atoms with Crippen molar-refractivity contribution in [2.45, 2.75) is 39.0 Å². The van der Waals surface area contributed by atoms with Crippen molar-refractivity contribution in [2.75, 3.05) is 53.4 Å². The normalized spacial score (nSPS) is 20.8. The molecule has 0 aromatic carbocycles. The van der Waals surface area contributed by atoms with Crippen LogP contribution in [0.25, 0.3) is 0 Å². The molecule has 1 aliphatic rings. The molecule has 0 radical (unpaired) electrons. The Morgan fingerprint density at radius 2 is 1.89 bits per heavy atom. The van der Waals surface area contributed by atoms with Gasteiger partial charge in [-0.15, -0.1) is 0 Å². The van der Waals surface area contributed by atoms with Gasteiger partial charge in [-0.2, -0.15) is 0 Å². The molecule has 0 aromatic rings. The van der Waals surface area contributed by atoms with Gasteiger partial charge in [0.15, 0.2) is 0 Å². The SMILES string of the molecule is CCN(CCCC1CCCNC1)CCCN(C)C. The minimum atomic E-state index is 0.944. The Hall–Kier alpha value is -0.120. The molecule has 1 rings (SSSR count). The fourth-order valence-electron chi connectivity index (χ4n) is 2.81. The topological polar surface area (TPSA) is 18.5 Å². The quantitative estimate of drug-likeness (QED) is 0.680. The third-order valence-corrected chi connectivity index (χ3v) is 4.01. The average Bonchev–Trinajstić information content (AvgIpc) is 2.38. The highest BCUT2D eigenvalue weighted by molar-refractivity contribution is 4.69. The van der Waals surface area contributed by atoms with Crippen LogP contribution in [0.2, 0.25) is 0 Å². The van der Waals surface area contributed by atoms with Crippen LogP contribution in [0, 0.1) is 5.92 Å². The van der Waals surface area contributed by atoms with Gasteiger partial charge in [-0.05, 0) is 91.4 Å². The van der Waals surface area contributed by atoms with Gasteiger partial charge in [0.05, 0.1) is 0 Å². The van der Waals surface area contributed by atoms with E-state index in [-0.39, 0.29) is 0 Å². The van der Waals surface area contributed by atoms with Crippen molar-refractivity contribution in [1.82, 2.24) is 15.1 Å². The van der Waals surface area contributed by atoms with Gasteiger partial charge in [0.25, 0.3) is 0 Å². The van der Waals surface area contributed by atoms with Gasteiger partial charge in [0, 0.05) is 0 Å². The largest absolute Gasteiger partial charge is 0.316 e. The molecule has 3 nitrogen and oxygen atoms in total. The molecular formula is C15H33N3. The van der Waals surface area contributed by atoms with Crippen molar-refractivity contribution >= 4 is 0 Å². The molecule has 1 unspecified atom stereocenters. The van der Waals surface area contributed by atoms with Crippen molar-refractivity contribution in [3.63, 3.8) is 0 Å². The Morgan fingerprint density at radius 3 is 2.50 bits per heavy atom. The van der Waals surface area contributed by atoms with Gasteiger partial charge in [-0.3, -0.25) is 0 Å². The van der Waals surface area contributed by atoms with Crippen LogP contribution in [-0.4, -0.2) is 63.2 Å². The zero-order chi connectivity index (χ0) is 13.2. The second kappa shape index (κ2) is 9.76. The predicted octanol–water partition coefficient (Wildman–Crippen LogP) is 2.04. The molecule has 1 fully saturated rings. The molecule has 0 amide bonds. The van der Waals surface area contributed by atoms with Gasteiger partial charge in [0.1, 0.15) is 0 Å². The average molecular weight is 255 g/mol. The molecule has 1 N–H and O–H groups in total. The molecule has 1 heterocycles. The Morgan fingerprint density at radius 1 is 1.11 bits per heavy atom. The van der Waals surface area contributed by atoms with Gasteiger partial charge >= 0.3 is 0 Å². The molecule has 1 atom stereocenters. The van der Waals surface area contributed by atoms with E-state index in [0.717, 1.165) is 5.92 Å². The number of hydrogen-bond donors (Lipinski definition) is 1. The summed E-state index contributed by atoms with van der Waals surface area (Å²) in [5.74, 6) is 0.944. The number of hydrogen-bond acceptors (Lipinski definition) is 3. The molecular weight excluding hydrogens is 222 g/mol. The van der Waals surface area contributed by atoms with E-state index in [2.05, 4.69) is 36.1 Å². The summed E-state index contributed by atoms with van der Waals surface area (Å²) >= 11 is 0. The van der Waals surface area contributed by atoms with Crippen LogP contribution in [0.5, 0.6) is 0 Å². The highest BCUT2D eigenvalue weighted by Crippen LogP contribution is 2.16. The number of nitrogens with one attached hydrogen (secondary N) is 1. The zero-order valence-electron chi connectivity index (χ0n) is 12.7. The second-order valence-corrected chi connectivity index (χ2v) is 5.95. The van der Waals surface area contributed by atoms with Crippen LogP contribution in [0.1, 0.15) is 39.0 Å². The van der Waals surface area contributed by atoms with Crippen LogP contribution >= 0.6 is 0 Å². The van der Waals surface area contributed by atoms with Crippen LogP contribution in [-0.2, 0) is 0 Å². The van der Waals surface area contributed by atoms with E-state index in [1.807, 2.05) is 0 Å². The Kier molecular flexibility index (Phi) is 8.64. The second-order valence-electron chi connectivity index (χ2n) is 5.95. The standard InChI is InChI=1S/C15H33N3/c1-4-18(13-7-11-17(2)3)12-6-9-15-8-5-10-16-14-15/h15-16H,4-14H2,1-3H3. The minimum Gasteiger partial charge on any atom is -0.316 e. The molecule has 0 saturated carbocycles. The summed E-state index contributed by atoms with van der Waals surface area (Å²) in [4.78, 5) is 4.89. The Balaban J connectivity index is 2.03. The molecule has 3 heteroatoms. The predicted molar refractivity (Wildman–Crippen MR) is 80.1 cm³/mol. The summed E-state index contributed by atoms with van der Waals surface area (Å²) in [5.41, 5.74) is 0. The maximum atomic E-state index is 3.51. The smallest absolute Gasteiger partial charge is 0.000667 e. The van der Waals surface area contributed by atoms with E-state index in [9.17, 15) is 0 Å². The van der Waals surface area contributed by atoms with E-state index in [1.165, 1.54) is 71.4 Å². The first kappa shape index (κ1) is 15.9. The molecule has 0 aromatic heterocycles. The van der Waals surface area contributed by atoms with Gasteiger partial charge in [0.2, 0.25) is 0 Å². The van der Waals surface area contributed by atoms with Crippen LogP contribution in [0.3, 0.4) is 0 Å². The number of nitrogens with zero attached hydrogens (tertiary/aromatic N) is 2. The minimum absolute atomic E-state index is 0.944. The fraction of sp³-hybridized carbons (Fsp3) is 1.00. The maximum absolute atomic E-state index is 3.51. The van der Waals surface area contributed by atoms with E-state index < -0.39 is 0 Å². The third kappa shape index (κ3) is 7.34. The first-order chi connectivity index (χ1) is 8.72. The number of piperidine rings is 1. The van der Waals surface area contributed by atoms with Crippen LogP contribution in [0.15, 0.2) is 0 Å². The zero-order valence-corrected chi connectivity index (χ0v) is 12.7. The summed E-state index contributed by atoms with van der Waals surface area (Å²) in [6, 6.07) is 0.